The molecular weight excluding hydrogens is 398 g/mol. The average molecular weight is 423 g/mol. The third-order valence-corrected chi connectivity index (χ3v) is 7.95. The van der Waals surface area contributed by atoms with Gasteiger partial charge in [-0.25, -0.2) is 12.7 Å². The number of likely N-dealkylation sites (tertiary alicyclic amines) is 1. The summed E-state index contributed by atoms with van der Waals surface area (Å²) >= 11 is 0. The van der Waals surface area contributed by atoms with Gasteiger partial charge in [0.25, 0.3) is 0 Å². The van der Waals surface area contributed by atoms with E-state index in [1.807, 2.05) is 6.92 Å². The molecule has 1 amide bonds. The van der Waals surface area contributed by atoms with Crippen LogP contribution in [0.15, 0.2) is 9.05 Å². The molecule has 0 saturated carbocycles. The van der Waals surface area contributed by atoms with E-state index in [0.29, 0.717) is 42.8 Å². The van der Waals surface area contributed by atoms with Gasteiger partial charge in [0.1, 0.15) is 5.76 Å². The third kappa shape index (κ3) is 3.25. The lowest BCUT2D eigenvalue weighted by Crippen LogP contribution is -2.42. The normalized spacial score (nSPS) is 25.0. The molecule has 11 heteroatoms. The molecular formula is C18H25N5O5S. The van der Waals surface area contributed by atoms with Crippen LogP contribution in [0, 0.1) is 26.7 Å². The molecule has 2 aromatic heterocycles. The van der Waals surface area contributed by atoms with Crippen molar-refractivity contribution in [2.75, 3.05) is 31.9 Å². The molecule has 2 aliphatic heterocycles. The zero-order valence-corrected chi connectivity index (χ0v) is 17.8. The van der Waals surface area contributed by atoms with Crippen LogP contribution in [0.25, 0.3) is 0 Å². The summed E-state index contributed by atoms with van der Waals surface area (Å²) in [5.74, 6) is 1.42. The number of fused-ring (bicyclic) bond motifs is 1. The highest BCUT2D eigenvalue weighted by Gasteiger charge is 2.59. The zero-order chi connectivity index (χ0) is 21.0. The summed E-state index contributed by atoms with van der Waals surface area (Å²) in [4.78, 5) is 19.2. The summed E-state index contributed by atoms with van der Waals surface area (Å²) in [6.45, 7) is 8.33. The number of carbonyl (C=O) groups is 1. The number of aryl methyl sites for hydroxylation is 3. The maximum atomic E-state index is 13.0. The molecule has 0 spiro atoms. The lowest BCUT2D eigenvalue weighted by Gasteiger charge is -2.25. The number of rotatable bonds is 5. The average Bonchev–Trinajstić information content (AvgIpc) is 3.40. The molecule has 2 fully saturated rings. The first-order valence-electron chi connectivity index (χ1n) is 9.64. The summed E-state index contributed by atoms with van der Waals surface area (Å²) in [6, 6.07) is 0. The first-order chi connectivity index (χ1) is 13.7. The summed E-state index contributed by atoms with van der Waals surface area (Å²) < 4.78 is 37.1. The summed E-state index contributed by atoms with van der Waals surface area (Å²) in [5, 5.41) is 7.81. The molecule has 2 saturated heterocycles. The Morgan fingerprint density at radius 3 is 2.52 bits per heavy atom. The van der Waals surface area contributed by atoms with Gasteiger partial charge >= 0.3 is 0 Å². The van der Waals surface area contributed by atoms with Crippen molar-refractivity contribution in [3.05, 3.63) is 28.7 Å². The van der Waals surface area contributed by atoms with Crippen LogP contribution < -0.4 is 0 Å². The van der Waals surface area contributed by atoms with Crippen LogP contribution in [0.5, 0.6) is 0 Å². The molecule has 158 valence electrons. The Kier molecular flexibility index (Phi) is 4.77. The SMILES string of the molecule is CCS(=O)(=O)N1C[C@@H]2CN(C(=O)Cc3c(C)noc3C)C[C@]2(c2nc(C)no2)C1. The van der Waals surface area contributed by atoms with E-state index in [2.05, 4.69) is 15.3 Å². The highest BCUT2D eigenvalue weighted by Crippen LogP contribution is 2.45. The number of hydrogen-bond donors (Lipinski definition) is 0. The first kappa shape index (κ1) is 20.0. The third-order valence-electron chi connectivity index (χ3n) is 6.15. The molecule has 4 heterocycles. The van der Waals surface area contributed by atoms with Gasteiger partial charge in [-0.3, -0.25) is 4.79 Å². The molecule has 2 aliphatic rings. The van der Waals surface area contributed by atoms with Gasteiger partial charge in [-0.2, -0.15) is 4.98 Å². The fraction of sp³-hybridized carbons (Fsp3) is 0.667. The van der Waals surface area contributed by atoms with E-state index in [1.54, 1.807) is 25.7 Å². The van der Waals surface area contributed by atoms with E-state index in [9.17, 15) is 13.2 Å². The van der Waals surface area contributed by atoms with Gasteiger partial charge in [0.2, 0.25) is 21.8 Å². The molecule has 0 unspecified atom stereocenters. The number of carbonyl (C=O) groups excluding carboxylic acids is 1. The monoisotopic (exact) mass is 423 g/mol. The summed E-state index contributed by atoms with van der Waals surface area (Å²) in [7, 11) is -3.35. The molecule has 2 atom stereocenters. The highest BCUT2D eigenvalue weighted by atomic mass is 32.2. The van der Waals surface area contributed by atoms with Crippen LogP contribution in [-0.4, -0.2) is 70.8 Å². The molecule has 29 heavy (non-hydrogen) atoms. The van der Waals surface area contributed by atoms with E-state index in [4.69, 9.17) is 9.05 Å². The van der Waals surface area contributed by atoms with Gasteiger partial charge in [-0.1, -0.05) is 10.3 Å². The van der Waals surface area contributed by atoms with Crippen molar-refractivity contribution in [3.8, 4) is 0 Å². The lowest BCUT2D eigenvalue weighted by molar-refractivity contribution is -0.129. The van der Waals surface area contributed by atoms with Crippen molar-refractivity contribution in [2.24, 2.45) is 5.92 Å². The molecule has 0 aliphatic carbocycles. The largest absolute Gasteiger partial charge is 0.361 e. The Balaban J connectivity index is 1.61. The second-order valence-corrected chi connectivity index (χ2v) is 10.2. The smallest absolute Gasteiger partial charge is 0.236 e. The maximum absolute atomic E-state index is 13.0. The van der Waals surface area contributed by atoms with Gasteiger partial charge in [0.05, 0.1) is 23.3 Å². The molecule has 0 radical (unpaired) electrons. The second-order valence-electron chi connectivity index (χ2n) is 7.95. The van der Waals surface area contributed by atoms with Crippen LogP contribution in [0.1, 0.15) is 35.7 Å². The predicted octanol–water partition coefficient (Wildman–Crippen LogP) is 0.587. The quantitative estimate of drug-likeness (QED) is 0.685. The second kappa shape index (κ2) is 6.91. The first-order valence-corrected chi connectivity index (χ1v) is 11.3. The van der Waals surface area contributed by atoms with Crippen molar-refractivity contribution in [2.45, 2.75) is 39.5 Å². The van der Waals surface area contributed by atoms with Gasteiger partial charge in [-0.05, 0) is 27.7 Å². The lowest BCUT2D eigenvalue weighted by atomic mass is 9.81. The van der Waals surface area contributed by atoms with Crippen LogP contribution in [0.2, 0.25) is 0 Å². The van der Waals surface area contributed by atoms with E-state index >= 15 is 0 Å². The molecule has 10 nitrogen and oxygen atoms in total. The Hall–Kier alpha value is -2.27. The van der Waals surface area contributed by atoms with Gasteiger partial charge < -0.3 is 13.9 Å². The van der Waals surface area contributed by atoms with Gasteiger partial charge in [0, 0.05) is 37.7 Å². The van der Waals surface area contributed by atoms with Crippen LogP contribution in [-0.2, 0) is 26.7 Å². The molecule has 2 aromatic rings. The van der Waals surface area contributed by atoms with Crippen molar-refractivity contribution >= 4 is 15.9 Å². The number of hydrogen-bond acceptors (Lipinski definition) is 8. The Labute approximate surface area is 169 Å². The van der Waals surface area contributed by atoms with Crippen LogP contribution in [0.3, 0.4) is 0 Å². The van der Waals surface area contributed by atoms with Crippen LogP contribution in [0.4, 0.5) is 0 Å². The molecule has 0 N–H and O–H groups in total. The van der Waals surface area contributed by atoms with Crippen molar-refractivity contribution < 1.29 is 22.3 Å². The standard InChI is InChI=1S/C18H25N5O5S/c1-5-29(25,26)23-8-14-7-22(16(24)6-15-11(2)20-27-12(15)3)9-18(14,10-23)17-19-13(4)21-28-17/h14H,5-10H2,1-4H3/t14-,18-/m0/s1. The number of sulfonamides is 1. The molecule has 0 aromatic carbocycles. The number of amides is 1. The Morgan fingerprint density at radius 2 is 1.93 bits per heavy atom. The van der Waals surface area contributed by atoms with E-state index < -0.39 is 15.4 Å². The zero-order valence-electron chi connectivity index (χ0n) is 17.0. The summed E-state index contributed by atoms with van der Waals surface area (Å²) in [5.41, 5.74) is 0.820. The Morgan fingerprint density at radius 1 is 1.17 bits per heavy atom. The van der Waals surface area contributed by atoms with E-state index in [1.165, 1.54) is 4.31 Å². The minimum atomic E-state index is -3.35. The predicted molar refractivity (Wildman–Crippen MR) is 101 cm³/mol. The van der Waals surface area contributed by atoms with Crippen molar-refractivity contribution in [3.63, 3.8) is 0 Å². The molecule has 0 bridgehead atoms. The fourth-order valence-corrected chi connectivity index (χ4v) is 5.62. The highest BCUT2D eigenvalue weighted by molar-refractivity contribution is 7.89. The number of nitrogens with zero attached hydrogens (tertiary/aromatic N) is 5. The fourth-order valence-electron chi connectivity index (χ4n) is 4.42. The summed E-state index contributed by atoms with van der Waals surface area (Å²) in [6.07, 6.45) is 0.198. The topological polar surface area (TPSA) is 123 Å². The van der Waals surface area contributed by atoms with Crippen molar-refractivity contribution in [1.29, 1.82) is 0 Å². The number of aromatic nitrogens is 3. The maximum Gasteiger partial charge on any atom is 0.236 e. The van der Waals surface area contributed by atoms with Crippen molar-refractivity contribution in [1.82, 2.24) is 24.5 Å². The Bertz CT molecular complexity index is 1030. The van der Waals surface area contributed by atoms with Crippen LogP contribution >= 0.6 is 0 Å². The van der Waals surface area contributed by atoms with E-state index in [0.717, 1.165) is 5.56 Å². The van der Waals surface area contributed by atoms with Gasteiger partial charge in [-0.15, -0.1) is 0 Å². The van der Waals surface area contributed by atoms with Gasteiger partial charge in [0.15, 0.2) is 5.82 Å². The van der Waals surface area contributed by atoms with E-state index in [-0.39, 0.29) is 30.5 Å². The molecule has 4 rings (SSSR count). The minimum absolute atomic E-state index is 0.0351. The minimum Gasteiger partial charge on any atom is -0.361 e.